The molecule has 0 heterocycles. The minimum absolute atomic E-state index is 0.421. The topological polar surface area (TPSA) is 86.6 Å². The highest BCUT2D eigenvalue weighted by Gasteiger charge is 2.23. The number of aliphatic carboxylic acids is 1. The van der Waals surface area contributed by atoms with Crippen LogP contribution in [0.3, 0.4) is 0 Å². The van der Waals surface area contributed by atoms with Crippen molar-refractivity contribution in [1.29, 1.82) is 0 Å². The summed E-state index contributed by atoms with van der Waals surface area (Å²) in [5.41, 5.74) is 0.599. The van der Waals surface area contributed by atoms with E-state index in [-0.39, 0.29) is 0 Å². The van der Waals surface area contributed by atoms with Gasteiger partial charge in [0.25, 0.3) is 0 Å². The largest absolute Gasteiger partial charge is 0.480 e. The Kier molecular flexibility index (Phi) is 6.01. The molecule has 2 atom stereocenters. The number of carboxylic acids is 1. The Labute approximate surface area is 125 Å². The van der Waals surface area contributed by atoms with E-state index in [0.717, 1.165) is 6.08 Å². The Morgan fingerprint density at radius 2 is 1.80 bits per heavy atom. The molecule has 0 fully saturated rings. The summed E-state index contributed by atoms with van der Waals surface area (Å²) in [6.45, 7) is 1.28. The predicted octanol–water partition coefficient (Wildman–Crippen LogP) is 1.96. The van der Waals surface area contributed by atoms with Crippen molar-refractivity contribution in [2.75, 3.05) is 0 Å². The van der Waals surface area contributed by atoms with E-state index in [1.807, 2.05) is 0 Å². The molecule has 0 aliphatic carbocycles. The second-order valence-corrected chi connectivity index (χ2v) is 4.97. The molecule has 5 nitrogen and oxygen atoms in total. The molecule has 1 aromatic carbocycles. The fraction of sp³-hybridized carbons (Fsp3) is 0.231. The van der Waals surface area contributed by atoms with Gasteiger partial charge < -0.3 is 15.5 Å². The van der Waals surface area contributed by atoms with Crippen molar-refractivity contribution in [2.24, 2.45) is 0 Å². The minimum Gasteiger partial charge on any atom is -0.480 e. The standard InChI is InChI=1S/C13H13Cl2NO4/c1-7(17)12(13(19)20)16-11(18)3-2-8-4-9(14)6-10(15)5-8/h2-7,12,17H,1H3,(H,16,18)(H,19,20)/b3-2+. The van der Waals surface area contributed by atoms with Gasteiger partial charge >= 0.3 is 5.97 Å². The molecule has 0 saturated carbocycles. The number of nitrogens with one attached hydrogen (secondary N) is 1. The fourth-order valence-electron chi connectivity index (χ4n) is 1.43. The first kappa shape index (κ1) is 16.5. The molecule has 0 aromatic heterocycles. The Balaban J connectivity index is 2.74. The van der Waals surface area contributed by atoms with Gasteiger partial charge in [-0.25, -0.2) is 4.79 Å². The Morgan fingerprint density at radius 3 is 2.25 bits per heavy atom. The first-order valence-electron chi connectivity index (χ1n) is 5.65. The van der Waals surface area contributed by atoms with Gasteiger partial charge in [-0.1, -0.05) is 23.2 Å². The van der Waals surface area contributed by atoms with Gasteiger partial charge in [0, 0.05) is 16.1 Å². The van der Waals surface area contributed by atoms with Crippen LogP contribution in [-0.2, 0) is 9.59 Å². The Hall–Kier alpha value is -1.56. The van der Waals surface area contributed by atoms with Crippen LogP contribution in [0, 0.1) is 0 Å². The lowest BCUT2D eigenvalue weighted by Gasteiger charge is -2.15. The number of amides is 1. The summed E-state index contributed by atoms with van der Waals surface area (Å²) in [7, 11) is 0. The zero-order valence-corrected chi connectivity index (χ0v) is 12.0. The molecule has 0 bridgehead atoms. The lowest BCUT2D eigenvalue weighted by molar-refractivity contribution is -0.144. The quantitative estimate of drug-likeness (QED) is 0.724. The van der Waals surface area contributed by atoms with Crippen LogP contribution in [0.2, 0.25) is 10.0 Å². The average Bonchev–Trinajstić information content (AvgIpc) is 2.31. The Bertz CT molecular complexity index is 523. The smallest absolute Gasteiger partial charge is 0.328 e. The van der Waals surface area contributed by atoms with E-state index in [4.69, 9.17) is 28.3 Å². The number of carbonyl (C=O) groups excluding carboxylic acids is 1. The Morgan fingerprint density at radius 1 is 1.25 bits per heavy atom. The minimum atomic E-state index is -1.37. The van der Waals surface area contributed by atoms with E-state index in [1.165, 1.54) is 13.0 Å². The van der Waals surface area contributed by atoms with E-state index >= 15 is 0 Å². The van der Waals surface area contributed by atoms with Crippen LogP contribution in [-0.4, -0.2) is 34.2 Å². The summed E-state index contributed by atoms with van der Waals surface area (Å²) in [6.07, 6.45) is 1.37. The first-order chi connectivity index (χ1) is 9.29. The summed E-state index contributed by atoms with van der Waals surface area (Å²) in [6, 6.07) is 3.38. The monoisotopic (exact) mass is 317 g/mol. The molecule has 0 saturated heterocycles. The van der Waals surface area contributed by atoms with Gasteiger partial charge in [-0.3, -0.25) is 4.79 Å². The van der Waals surface area contributed by atoms with Crippen molar-refractivity contribution in [3.8, 4) is 0 Å². The van der Waals surface area contributed by atoms with Gasteiger partial charge in [0.1, 0.15) is 0 Å². The van der Waals surface area contributed by atoms with Crippen LogP contribution in [0.4, 0.5) is 0 Å². The zero-order valence-electron chi connectivity index (χ0n) is 10.5. The van der Waals surface area contributed by atoms with Crippen LogP contribution in [0.5, 0.6) is 0 Å². The highest BCUT2D eigenvalue weighted by molar-refractivity contribution is 6.34. The van der Waals surface area contributed by atoms with E-state index in [1.54, 1.807) is 18.2 Å². The number of hydrogen-bond acceptors (Lipinski definition) is 3. The first-order valence-corrected chi connectivity index (χ1v) is 6.40. The number of carboxylic acid groups (broad SMARTS) is 1. The van der Waals surface area contributed by atoms with Crippen LogP contribution in [0.1, 0.15) is 12.5 Å². The van der Waals surface area contributed by atoms with Crippen molar-refractivity contribution in [1.82, 2.24) is 5.32 Å². The number of rotatable bonds is 5. The maximum Gasteiger partial charge on any atom is 0.328 e. The molecule has 0 spiro atoms. The SMILES string of the molecule is CC(O)C(NC(=O)/C=C/c1cc(Cl)cc(Cl)c1)C(=O)O. The highest BCUT2D eigenvalue weighted by atomic mass is 35.5. The third kappa shape index (κ3) is 5.21. The van der Waals surface area contributed by atoms with Crippen molar-refractivity contribution >= 4 is 41.2 Å². The number of halogens is 2. The van der Waals surface area contributed by atoms with Gasteiger partial charge in [-0.05, 0) is 36.8 Å². The molecule has 1 rings (SSSR count). The maximum absolute atomic E-state index is 11.6. The van der Waals surface area contributed by atoms with Gasteiger partial charge in [-0.15, -0.1) is 0 Å². The number of carbonyl (C=O) groups is 2. The van der Waals surface area contributed by atoms with Gasteiger partial charge in [0.2, 0.25) is 5.91 Å². The maximum atomic E-state index is 11.6. The van der Waals surface area contributed by atoms with Crippen LogP contribution >= 0.6 is 23.2 Å². The molecule has 3 N–H and O–H groups in total. The summed E-state index contributed by atoms with van der Waals surface area (Å²) < 4.78 is 0. The van der Waals surface area contributed by atoms with E-state index in [2.05, 4.69) is 5.32 Å². The molecular weight excluding hydrogens is 305 g/mol. The third-order valence-corrected chi connectivity index (χ3v) is 2.79. The fourth-order valence-corrected chi connectivity index (χ4v) is 1.98. The van der Waals surface area contributed by atoms with Gasteiger partial charge in [-0.2, -0.15) is 0 Å². The lowest BCUT2D eigenvalue weighted by atomic mass is 10.1. The molecule has 0 aliphatic heterocycles. The van der Waals surface area contributed by atoms with Gasteiger partial charge in [0.05, 0.1) is 6.10 Å². The second kappa shape index (κ2) is 7.28. The number of aliphatic hydroxyl groups excluding tert-OH is 1. The molecule has 2 unspecified atom stereocenters. The average molecular weight is 318 g/mol. The molecule has 1 amide bonds. The molecule has 108 valence electrons. The third-order valence-electron chi connectivity index (χ3n) is 2.36. The summed E-state index contributed by atoms with van der Waals surface area (Å²) in [5.74, 6) is -1.96. The van der Waals surface area contributed by atoms with E-state index in [9.17, 15) is 14.7 Å². The molecule has 7 heteroatoms. The number of benzene rings is 1. The van der Waals surface area contributed by atoms with Crippen molar-refractivity contribution < 1.29 is 19.8 Å². The van der Waals surface area contributed by atoms with Crippen molar-refractivity contribution in [3.05, 3.63) is 39.9 Å². The summed E-state index contributed by atoms with van der Waals surface area (Å²) in [4.78, 5) is 22.4. The number of hydrogen-bond donors (Lipinski definition) is 3. The second-order valence-electron chi connectivity index (χ2n) is 4.10. The van der Waals surface area contributed by atoms with E-state index < -0.39 is 24.0 Å². The zero-order chi connectivity index (χ0) is 15.3. The van der Waals surface area contributed by atoms with Gasteiger partial charge in [0.15, 0.2) is 6.04 Å². The highest BCUT2D eigenvalue weighted by Crippen LogP contribution is 2.19. The van der Waals surface area contributed by atoms with Crippen LogP contribution < -0.4 is 5.32 Å². The van der Waals surface area contributed by atoms with E-state index in [0.29, 0.717) is 15.6 Å². The summed E-state index contributed by atoms with van der Waals surface area (Å²) >= 11 is 11.6. The molecule has 0 aliphatic rings. The summed E-state index contributed by atoms with van der Waals surface area (Å²) in [5, 5.41) is 21.1. The molecule has 0 radical (unpaired) electrons. The molecule has 20 heavy (non-hydrogen) atoms. The van der Waals surface area contributed by atoms with Crippen LogP contribution in [0.25, 0.3) is 6.08 Å². The molecule has 1 aromatic rings. The molecular formula is C13H13Cl2NO4. The predicted molar refractivity (Wildman–Crippen MR) is 76.7 cm³/mol. The van der Waals surface area contributed by atoms with Crippen molar-refractivity contribution in [2.45, 2.75) is 19.1 Å². The lowest BCUT2D eigenvalue weighted by Crippen LogP contribution is -2.47. The number of aliphatic hydroxyl groups is 1. The van der Waals surface area contributed by atoms with Crippen LogP contribution in [0.15, 0.2) is 24.3 Å². The van der Waals surface area contributed by atoms with Crippen molar-refractivity contribution in [3.63, 3.8) is 0 Å². The normalized spacial score (nSPS) is 14.0.